The first-order valence-corrected chi connectivity index (χ1v) is 16.7. The van der Waals surface area contributed by atoms with E-state index in [-0.39, 0.29) is 12.5 Å². The molecule has 1 saturated carbocycles. The average Bonchev–Trinajstić information content (AvgIpc) is 3.48. The highest BCUT2D eigenvalue weighted by Crippen LogP contribution is 2.40. The summed E-state index contributed by atoms with van der Waals surface area (Å²) in [4.78, 5) is 35.7. The Balaban J connectivity index is 1.09. The fourth-order valence-electron chi connectivity index (χ4n) is 6.89. The summed E-state index contributed by atoms with van der Waals surface area (Å²) in [7, 11) is 1.70. The van der Waals surface area contributed by atoms with E-state index in [1.54, 1.807) is 7.11 Å². The van der Waals surface area contributed by atoms with E-state index < -0.39 is 5.97 Å². The number of likely N-dealkylation sites (tertiary alicyclic amines) is 1. The maximum Gasteiger partial charge on any atom is 0.323 e. The molecule has 5 rings (SSSR count). The molecular formula is C32H47N5O4S. The quantitative estimate of drug-likeness (QED) is 0.308. The van der Waals surface area contributed by atoms with Gasteiger partial charge in [0.15, 0.2) is 5.13 Å². The van der Waals surface area contributed by atoms with Gasteiger partial charge in [0.05, 0.1) is 12.8 Å². The number of carbonyl (C=O) groups is 2. The first kappa shape index (κ1) is 30.8. The van der Waals surface area contributed by atoms with Crippen LogP contribution in [0.2, 0.25) is 0 Å². The van der Waals surface area contributed by atoms with Gasteiger partial charge in [0, 0.05) is 56.6 Å². The summed E-state index contributed by atoms with van der Waals surface area (Å²) in [5, 5.41) is 14.6. The average molecular weight is 598 g/mol. The molecule has 3 heterocycles. The number of aromatic nitrogens is 1. The van der Waals surface area contributed by atoms with Crippen molar-refractivity contribution in [2.45, 2.75) is 70.1 Å². The molecule has 230 valence electrons. The molecule has 3 fully saturated rings. The molecule has 0 spiro atoms. The Morgan fingerprint density at radius 2 is 1.83 bits per heavy atom. The van der Waals surface area contributed by atoms with E-state index in [9.17, 15) is 9.59 Å². The molecule has 9 nitrogen and oxygen atoms in total. The number of nitrogens with zero attached hydrogens (tertiary/aromatic N) is 4. The fraction of sp³-hybridized carbons (Fsp3) is 0.656. The third-order valence-corrected chi connectivity index (χ3v) is 9.95. The summed E-state index contributed by atoms with van der Waals surface area (Å²) in [6.45, 7) is 7.50. The maximum absolute atomic E-state index is 13.1. The Hall–Kier alpha value is -2.69. The van der Waals surface area contributed by atoms with Gasteiger partial charge >= 0.3 is 12.0 Å². The van der Waals surface area contributed by atoms with Crippen LogP contribution >= 0.6 is 11.3 Å². The first-order valence-electron chi connectivity index (χ1n) is 15.8. The predicted molar refractivity (Wildman–Crippen MR) is 168 cm³/mol. The molecule has 1 aliphatic carbocycles. The SMILES string of the molecule is COc1ccc(C2CCCCC2)c(-c2csc(NC(=O)N3CCN(CC4CCCN(CCCCC(=O)O)C4)CC3)n2)c1. The minimum absolute atomic E-state index is 0.0705. The number of methoxy groups -OCH3 is 1. The second-order valence-electron chi connectivity index (χ2n) is 12.2. The number of piperidine rings is 1. The molecule has 0 bridgehead atoms. The van der Waals surface area contributed by atoms with E-state index in [1.807, 2.05) is 10.3 Å². The zero-order valence-electron chi connectivity index (χ0n) is 25.1. The number of nitrogens with one attached hydrogen (secondary N) is 1. The second kappa shape index (κ2) is 15.2. The van der Waals surface area contributed by atoms with Crippen molar-refractivity contribution in [1.82, 2.24) is 19.7 Å². The number of thiazole rings is 1. The van der Waals surface area contributed by atoms with Crippen LogP contribution in [0.4, 0.5) is 9.93 Å². The van der Waals surface area contributed by atoms with Crippen LogP contribution in [0.25, 0.3) is 11.3 Å². The number of hydrogen-bond acceptors (Lipinski definition) is 7. The second-order valence-corrected chi connectivity index (χ2v) is 13.1. The van der Waals surface area contributed by atoms with Crippen molar-refractivity contribution in [1.29, 1.82) is 0 Å². The third kappa shape index (κ3) is 8.45. The van der Waals surface area contributed by atoms with Crippen LogP contribution in [0.5, 0.6) is 5.75 Å². The molecule has 10 heteroatoms. The van der Waals surface area contributed by atoms with Crippen molar-refractivity contribution in [3.05, 3.63) is 29.1 Å². The number of ether oxygens (including phenoxy) is 1. The zero-order chi connectivity index (χ0) is 29.3. The van der Waals surface area contributed by atoms with Gasteiger partial charge in [-0.25, -0.2) is 9.78 Å². The number of piperazine rings is 1. The van der Waals surface area contributed by atoms with Crippen molar-refractivity contribution < 1.29 is 19.4 Å². The normalized spacial score (nSPS) is 20.9. The van der Waals surface area contributed by atoms with Crippen molar-refractivity contribution in [3.8, 4) is 17.0 Å². The third-order valence-electron chi connectivity index (χ3n) is 9.19. The lowest BCUT2D eigenvalue weighted by Gasteiger charge is -2.39. The molecule has 2 aromatic rings. The van der Waals surface area contributed by atoms with Gasteiger partial charge in [-0.2, -0.15) is 0 Å². The number of amides is 2. The lowest BCUT2D eigenvalue weighted by molar-refractivity contribution is -0.137. The Morgan fingerprint density at radius 3 is 2.60 bits per heavy atom. The molecule has 1 atom stereocenters. The van der Waals surface area contributed by atoms with Gasteiger partial charge in [-0.05, 0) is 81.1 Å². The number of rotatable bonds is 11. The Morgan fingerprint density at radius 1 is 1.02 bits per heavy atom. The Bertz CT molecular complexity index is 1180. The monoisotopic (exact) mass is 597 g/mol. The van der Waals surface area contributed by atoms with E-state index >= 15 is 0 Å². The van der Waals surface area contributed by atoms with Gasteiger partial charge in [-0.1, -0.05) is 25.3 Å². The summed E-state index contributed by atoms with van der Waals surface area (Å²) in [6.07, 6.45) is 10.7. The van der Waals surface area contributed by atoms with Crippen LogP contribution in [0, 0.1) is 5.92 Å². The number of benzene rings is 1. The van der Waals surface area contributed by atoms with Crippen molar-refractivity contribution in [2.75, 3.05) is 64.8 Å². The van der Waals surface area contributed by atoms with Gasteiger partial charge in [-0.15, -0.1) is 11.3 Å². The van der Waals surface area contributed by atoms with Crippen LogP contribution < -0.4 is 10.1 Å². The number of carboxylic acid groups (broad SMARTS) is 1. The Kier molecular flexibility index (Phi) is 11.1. The number of aliphatic carboxylic acids is 1. The molecule has 2 N–H and O–H groups in total. The van der Waals surface area contributed by atoms with Crippen molar-refractivity contribution >= 4 is 28.5 Å². The van der Waals surface area contributed by atoms with E-state index in [0.29, 0.717) is 17.0 Å². The van der Waals surface area contributed by atoms with E-state index in [1.165, 1.54) is 61.8 Å². The smallest absolute Gasteiger partial charge is 0.323 e. The fourth-order valence-corrected chi connectivity index (χ4v) is 7.59. The van der Waals surface area contributed by atoms with Gasteiger partial charge in [-0.3, -0.25) is 15.0 Å². The van der Waals surface area contributed by atoms with Crippen LogP contribution in [-0.4, -0.2) is 96.3 Å². The minimum atomic E-state index is -0.701. The van der Waals surface area contributed by atoms with Gasteiger partial charge < -0.3 is 19.6 Å². The van der Waals surface area contributed by atoms with Crippen LogP contribution in [0.15, 0.2) is 23.6 Å². The van der Waals surface area contributed by atoms with Gasteiger partial charge in [0.2, 0.25) is 0 Å². The van der Waals surface area contributed by atoms with Gasteiger partial charge in [0.25, 0.3) is 0 Å². The highest BCUT2D eigenvalue weighted by Gasteiger charge is 2.27. The van der Waals surface area contributed by atoms with E-state index in [2.05, 4.69) is 33.3 Å². The molecule has 1 aromatic heterocycles. The highest BCUT2D eigenvalue weighted by molar-refractivity contribution is 7.14. The van der Waals surface area contributed by atoms with Crippen molar-refractivity contribution in [2.24, 2.45) is 5.92 Å². The molecule has 2 aliphatic heterocycles. The molecule has 1 aromatic carbocycles. The van der Waals surface area contributed by atoms with Crippen LogP contribution in [-0.2, 0) is 4.79 Å². The minimum Gasteiger partial charge on any atom is -0.497 e. The summed E-state index contributed by atoms with van der Waals surface area (Å²) >= 11 is 1.48. The zero-order valence-corrected chi connectivity index (χ0v) is 25.9. The number of carbonyl (C=O) groups excluding carboxylic acids is 1. The summed E-state index contributed by atoms with van der Waals surface area (Å²) in [5.74, 6) is 1.32. The number of unbranched alkanes of at least 4 members (excludes halogenated alkanes) is 1. The molecule has 1 unspecified atom stereocenters. The molecular weight excluding hydrogens is 550 g/mol. The molecule has 2 saturated heterocycles. The Labute approximate surface area is 254 Å². The lowest BCUT2D eigenvalue weighted by Crippen LogP contribution is -2.52. The molecule has 3 aliphatic rings. The number of anilines is 1. The largest absolute Gasteiger partial charge is 0.497 e. The number of carboxylic acids is 1. The summed E-state index contributed by atoms with van der Waals surface area (Å²) in [5.41, 5.74) is 3.37. The predicted octanol–water partition coefficient (Wildman–Crippen LogP) is 5.98. The summed E-state index contributed by atoms with van der Waals surface area (Å²) < 4.78 is 5.53. The lowest BCUT2D eigenvalue weighted by atomic mass is 9.81. The number of urea groups is 1. The van der Waals surface area contributed by atoms with E-state index in [4.69, 9.17) is 14.8 Å². The number of hydrogen-bond donors (Lipinski definition) is 2. The molecule has 0 radical (unpaired) electrons. The standard InChI is InChI=1S/C32H47N5O4S/c1-41-26-12-13-27(25-9-3-2-4-10-25)28(20-26)29-23-42-31(33-29)34-32(40)37-18-16-36(17-19-37)22-24-8-7-15-35(21-24)14-6-5-11-30(38)39/h12-13,20,23-25H,2-11,14-19,21-22H2,1H3,(H,38,39)(H,33,34,40). The van der Waals surface area contributed by atoms with E-state index in [0.717, 1.165) is 82.2 Å². The molecule has 42 heavy (non-hydrogen) atoms. The first-order chi connectivity index (χ1) is 20.5. The topological polar surface area (TPSA) is 98.2 Å². The van der Waals surface area contributed by atoms with Crippen LogP contribution in [0.1, 0.15) is 75.7 Å². The maximum atomic E-state index is 13.1. The molecule has 2 amide bonds. The van der Waals surface area contributed by atoms with Gasteiger partial charge in [0.1, 0.15) is 5.75 Å². The van der Waals surface area contributed by atoms with Crippen LogP contribution in [0.3, 0.4) is 0 Å². The highest BCUT2D eigenvalue weighted by atomic mass is 32.1. The van der Waals surface area contributed by atoms with Crippen molar-refractivity contribution in [3.63, 3.8) is 0 Å². The summed E-state index contributed by atoms with van der Waals surface area (Å²) in [6, 6.07) is 6.28.